The third-order valence-electron chi connectivity index (χ3n) is 3.16. The molecule has 20 heavy (non-hydrogen) atoms. The SMILES string of the molecule is CC1=NN2C(=NC(C)(C)C1)SC(Br)=C2c1ccccc1. The van der Waals surface area contributed by atoms with Crippen molar-refractivity contribution in [2.75, 3.05) is 0 Å². The number of halogens is 1. The average molecular weight is 350 g/mol. The van der Waals surface area contributed by atoms with Gasteiger partial charge < -0.3 is 0 Å². The van der Waals surface area contributed by atoms with E-state index >= 15 is 0 Å². The van der Waals surface area contributed by atoms with Gasteiger partial charge in [0.1, 0.15) is 0 Å². The van der Waals surface area contributed by atoms with Crippen molar-refractivity contribution in [2.45, 2.75) is 32.7 Å². The molecule has 104 valence electrons. The minimum Gasteiger partial charge on any atom is -0.254 e. The van der Waals surface area contributed by atoms with Gasteiger partial charge in [-0.3, -0.25) is 4.99 Å². The van der Waals surface area contributed by atoms with E-state index in [9.17, 15) is 0 Å². The number of thioether (sulfide) groups is 1. The zero-order chi connectivity index (χ0) is 14.3. The third-order valence-corrected chi connectivity index (χ3v) is 4.85. The highest BCUT2D eigenvalue weighted by atomic mass is 79.9. The fourth-order valence-electron chi connectivity index (χ4n) is 2.48. The second-order valence-electron chi connectivity index (χ2n) is 5.62. The molecule has 2 aliphatic heterocycles. The van der Waals surface area contributed by atoms with Crippen molar-refractivity contribution in [3.05, 3.63) is 39.7 Å². The summed E-state index contributed by atoms with van der Waals surface area (Å²) in [6, 6.07) is 10.3. The number of benzene rings is 1. The molecule has 5 heteroatoms. The lowest BCUT2D eigenvalue weighted by Gasteiger charge is -2.18. The highest BCUT2D eigenvalue weighted by Crippen LogP contribution is 2.45. The average Bonchev–Trinajstić information content (AvgIpc) is 2.58. The van der Waals surface area contributed by atoms with Gasteiger partial charge in [-0.25, -0.2) is 5.01 Å². The van der Waals surface area contributed by atoms with Crippen molar-refractivity contribution < 1.29 is 0 Å². The van der Waals surface area contributed by atoms with Gasteiger partial charge in [0.2, 0.25) is 0 Å². The third kappa shape index (κ3) is 2.56. The van der Waals surface area contributed by atoms with Crippen molar-refractivity contribution >= 4 is 44.3 Å². The van der Waals surface area contributed by atoms with E-state index in [1.807, 2.05) is 23.2 Å². The topological polar surface area (TPSA) is 28.0 Å². The standard InChI is InChI=1S/C15H16BrN3S/c1-10-9-15(2,3)17-14-19(18-10)12(13(16)20-14)11-7-5-4-6-8-11/h4-8H,9H2,1-3H3. The summed E-state index contributed by atoms with van der Waals surface area (Å²) in [5.74, 6) is 0. The highest BCUT2D eigenvalue weighted by Gasteiger charge is 2.34. The number of amidine groups is 1. The summed E-state index contributed by atoms with van der Waals surface area (Å²) >= 11 is 5.30. The molecule has 1 aromatic carbocycles. The van der Waals surface area contributed by atoms with Crippen LogP contribution in [0.15, 0.2) is 44.2 Å². The van der Waals surface area contributed by atoms with Gasteiger partial charge in [-0.15, -0.1) is 0 Å². The summed E-state index contributed by atoms with van der Waals surface area (Å²) in [6.07, 6.45) is 0.882. The molecule has 2 aliphatic rings. The molecule has 0 saturated carbocycles. The van der Waals surface area contributed by atoms with Gasteiger partial charge >= 0.3 is 0 Å². The van der Waals surface area contributed by atoms with E-state index in [-0.39, 0.29) is 5.54 Å². The van der Waals surface area contributed by atoms with Crippen LogP contribution in [-0.2, 0) is 0 Å². The molecule has 0 atom stereocenters. The van der Waals surface area contributed by atoms with Crippen LogP contribution in [0.2, 0.25) is 0 Å². The summed E-state index contributed by atoms with van der Waals surface area (Å²) in [5.41, 5.74) is 3.22. The van der Waals surface area contributed by atoms with Gasteiger partial charge in [0.25, 0.3) is 0 Å². The van der Waals surface area contributed by atoms with Crippen molar-refractivity contribution in [2.24, 2.45) is 10.1 Å². The Morgan fingerprint density at radius 2 is 1.95 bits per heavy atom. The quantitative estimate of drug-likeness (QED) is 0.736. The van der Waals surface area contributed by atoms with Gasteiger partial charge in [0.15, 0.2) is 5.17 Å². The normalized spacial score (nSPS) is 21.3. The predicted octanol–water partition coefficient (Wildman–Crippen LogP) is 4.67. The second-order valence-corrected chi connectivity index (χ2v) is 7.92. The maximum atomic E-state index is 4.87. The van der Waals surface area contributed by atoms with E-state index in [0.717, 1.165) is 32.4 Å². The van der Waals surface area contributed by atoms with E-state index in [1.54, 1.807) is 11.8 Å². The number of rotatable bonds is 1. The maximum absolute atomic E-state index is 4.87. The molecule has 0 N–H and O–H groups in total. The molecule has 2 heterocycles. The number of fused-ring (bicyclic) bond motifs is 1. The van der Waals surface area contributed by atoms with Gasteiger partial charge in [-0.05, 0) is 48.5 Å². The van der Waals surface area contributed by atoms with E-state index in [2.05, 4.69) is 48.8 Å². The Morgan fingerprint density at radius 1 is 1.25 bits per heavy atom. The molecule has 0 saturated heterocycles. The Balaban J connectivity index is 2.10. The first kappa shape index (κ1) is 13.9. The van der Waals surface area contributed by atoms with Crippen LogP contribution in [-0.4, -0.2) is 21.4 Å². The number of nitrogens with zero attached hydrogens (tertiary/aromatic N) is 3. The molecule has 0 spiro atoms. The van der Waals surface area contributed by atoms with E-state index < -0.39 is 0 Å². The van der Waals surface area contributed by atoms with Gasteiger partial charge in [-0.1, -0.05) is 30.3 Å². The molecule has 0 aromatic heterocycles. The first-order valence-corrected chi connectivity index (χ1v) is 8.14. The number of hydrogen-bond donors (Lipinski definition) is 0. The molecule has 3 nitrogen and oxygen atoms in total. The molecule has 0 aliphatic carbocycles. The lowest BCUT2D eigenvalue weighted by Crippen LogP contribution is -2.21. The molecule has 0 fully saturated rings. The summed E-state index contributed by atoms with van der Waals surface area (Å²) in [6.45, 7) is 6.37. The molecule has 0 radical (unpaired) electrons. The zero-order valence-corrected chi connectivity index (χ0v) is 14.1. The molecule has 0 amide bonds. The smallest absolute Gasteiger partial charge is 0.190 e. The van der Waals surface area contributed by atoms with Crippen molar-refractivity contribution in [3.63, 3.8) is 0 Å². The fraction of sp³-hybridized carbons (Fsp3) is 0.333. The Kier molecular flexibility index (Phi) is 3.50. The number of hydrazone groups is 1. The molecule has 1 aromatic rings. The zero-order valence-electron chi connectivity index (χ0n) is 11.7. The van der Waals surface area contributed by atoms with Crippen LogP contribution in [0.3, 0.4) is 0 Å². The summed E-state index contributed by atoms with van der Waals surface area (Å²) in [7, 11) is 0. The molecule has 0 bridgehead atoms. The van der Waals surface area contributed by atoms with E-state index in [4.69, 9.17) is 10.1 Å². The first-order valence-electron chi connectivity index (χ1n) is 6.53. The van der Waals surface area contributed by atoms with Crippen molar-refractivity contribution in [3.8, 4) is 0 Å². The van der Waals surface area contributed by atoms with Gasteiger partial charge in [0, 0.05) is 17.7 Å². The van der Waals surface area contributed by atoms with Crippen molar-refractivity contribution in [1.82, 2.24) is 5.01 Å². The van der Waals surface area contributed by atoms with Crippen LogP contribution in [0.5, 0.6) is 0 Å². The van der Waals surface area contributed by atoms with Crippen LogP contribution >= 0.6 is 27.7 Å². The first-order chi connectivity index (χ1) is 9.46. The second kappa shape index (κ2) is 5.04. The predicted molar refractivity (Wildman–Crippen MR) is 91.0 cm³/mol. The monoisotopic (exact) mass is 349 g/mol. The Morgan fingerprint density at radius 3 is 2.65 bits per heavy atom. The minimum absolute atomic E-state index is 0.107. The number of aliphatic imine (C=N–C) groups is 1. The molecule has 0 unspecified atom stereocenters. The van der Waals surface area contributed by atoms with Crippen LogP contribution in [0.1, 0.15) is 32.8 Å². The largest absolute Gasteiger partial charge is 0.254 e. The van der Waals surface area contributed by atoms with E-state index in [0.29, 0.717) is 0 Å². The van der Waals surface area contributed by atoms with Crippen LogP contribution in [0.25, 0.3) is 5.70 Å². The Hall–Kier alpha value is -1.07. The summed E-state index contributed by atoms with van der Waals surface area (Å²) < 4.78 is 1.07. The summed E-state index contributed by atoms with van der Waals surface area (Å²) in [4.78, 5) is 4.87. The minimum atomic E-state index is -0.107. The number of hydrogen-bond acceptors (Lipinski definition) is 4. The fourth-order valence-corrected chi connectivity index (χ4v) is 4.28. The van der Waals surface area contributed by atoms with Crippen molar-refractivity contribution in [1.29, 1.82) is 0 Å². The molecular formula is C15H16BrN3S. The van der Waals surface area contributed by atoms with Crippen LogP contribution in [0.4, 0.5) is 0 Å². The van der Waals surface area contributed by atoms with Gasteiger partial charge in [-0.2, -0.15) is 5.10 Å². The summed E-state index contributed by atoms with van der Waals surface area (Å²) in [5, 5.41) is 7.66. The molecular weight excluding hydrogens is 334 g/mol. The lowest BCUT2D eigenvalue weighted by atomic mass is 9.99. The van der Waals surface area contributed by atoms with Crippen LogP contribution < -0.4 is 0 Å². The lowest BCUT2D eigenvalue weighted by molar-refractivity contribution is 0.546. The Labute approximate surface area is 132 Å². The maximum Gasteiger partial charge on any atom is 0.190 e. The molecule has 3 rings (SSSR count). The van der Waals surface area contributed by atoms with Crippen LogP contribution in [0, 0.1) is 0 Å². The Bertz CT molecular complexity index is 632. The highest BCUT2D eigenvalue weighted by molar-refractivity contribution is 9.14. The van der Waals surface area contributed by atoms with Gasteiger partial charge in [0.05, 0.1) is 15.1 Å². The van der Waals surface area contributed by atoms with E-state index in [1.165, 1.54) is 0 Å².